The van der Waals surface area contributed by atoms with Crippen LogP contribution in [0.5, 0.6) is 0 Å². The van der Waals surface area contributed by atoms with Gasteiger partial charge < -0.3 is 0 Å². The lowest BCUT2D eigenvalue weighted by Gasteiger charge is -2.19. The molecule has 0 amide bonds. The molecule has 0 aliphatic carbocycles. The second kappa shape index (κ2) is 4.40. The molecule has 3 nitrogen and oxygen atoms in total. The lowest BCUT2D eigenvalue weighted by atomic mass is 12.0. The Morgan fingerprint density at radius 3 is 1.69 bits per heavy atom. The molecule has 0 aromatic rings. The SMILES string of the molecule is CSP1(Cl)=NP(Cl)(Cl)=NP(Cl)(Cl)=N1. The van der Waals surface area contributed by atoms with Crippen molar-refractivity contribution in [1.82, 2.24) is 0 Å². The molecule has 1 aliphatic heterocycles. The zero-order valence-electron chi connectivity index (χ0n) is 5.98. The number of nitrogens with zero attached hydrogens (tertiary/aromatic N) is 3. The molecule has 78 valence electrons. The maximum Gasteiger partial charge on any atom is 0.257 e. The maximum absolute atomic E-state index is 6.03. The second-order valence-corrected chi connectivity index (χ2v) is 18.4. The van der Waals surface area contributed by atoms with Gasteiger partial charge in [-0.25, -0.2) is 0 Å². The Labute approximate surface area is 104 Å². The lowest BCUT2D eigenvalue weighted by Crippen LogP contribution is -1.65. The van der Waals surface area contributed by atoms with Gasteiger partial charge in [-0.3, -0.25) is 0 Å². The van der Waals surface area contributed by atoms with Crippen molar-refractivity contribution in [2.24, 2.45) is 13.5 Å². The third-order valence-corrected chi connectivity index (χ3v) is 16.6. The van der Waals surface area contributed by atoms with Crippen molar-refractivity contribution in [3.05, 3.63) is 0 Å². The molecule has 0 fully saturated rings. The number of hydrogen-bond donors (Lipinski definition) is 0. The number of halogens is 5. The highest BCUT2D eigenvalue weighted by Crippen LogP contribution is 2.89. The smallest absolute Gasteiger partial charge is 0.189 e. The highest BCUT2D eigenvalue weighted by molar-refractivity contribution is 8.67. The fourth-order valence-electron chi connectivity index (χ4n) is 0.522. The highest BCUT2D eigenvalue weighted by atomic mass is 35.9. The minimum Gasteiger partial charge on any atom is -0.189 e. The van der Waals surface area contributed by atoms with Crippen molar-refractivity contribution in [3.63, 3.8) is 0 Å². The van der Waals surface area contributed by atoms with E-state index in [1.54, 1.807) is 6.26 Å². The fourth-order valence-corrected chi connectivity index (χ4v) is 21.6. The minimum absolute atomic E-state index is 1.25. The van der Waals surface area contributed by atoms with Gasteiger partial charge in [0.05, 0.1) is 0 Å². The van der Waals surface area contributed by atoms with Gasteiger partial charge in [0.2, 0.25) is 5.76 Å². The van der Waals surface area contributed by atoms with Crippen molar-refractivity contribution in [2.45, 2.75) is 0 Å². The van der Waals surface area contributed by atoms with Gasteiger partial charge in [-0.1, -0.05) is 11.4 Å². The molecule has 0 aromatic carbocycles. The van der Waals surface area contributed by atoms with Crippen LogP contribution in [0.1, 0.15) is 0 Å². The van der Waals surface area contributed by atoms with Crippen LogP contribution in [-0.2, 0) is 0 Å². The Balaban J connectivity index is 3.44. The molecule has 1 unspecified atom stereocenters. The summed E-state index contributed by atoms with van der Waals surface area (Å²) in [6.45, 7) is 0. The Bertz CT molecular complexity index is 369. The van der Waals surface area contributed by atoms with E-state index < -0.39 is 17.6 Å². The van der Waals surface area contributed by atoms with Crippen LogP contribution in [0.3, 0.4) is 0 Å². The van der Waals surface area contributed by atoms with Gasteiger partial charge in [0.15, 0.2) is 0 Å². The van der Waals surface area contributed by atoms with Gasteiger partial charge in [0.1, 0.15) is 0 Å². The highest BCUT2D eigenvalue weighted by Gasteiger charge is 2.31. The van der Waals surface area contributed by atoms with Crippen LogP contribution < -0.4 is 0 Å². The summed E-state index contributed by atoms with van der Waals surface area (Å²) in [5.41, 5.74) is 0. The summed E-state index contributed by atoms with van der Waals surface area (Å²) >= 11 is 30.4. The van der Waals surface area contributed by atoms with E-state index >= 15 is 0 Å². The second-order valence-electron chi connectivity index (χ2n) is 1.84. The molecule has 0 saturated carbocycles. The molecule has 0 radical (unpaired) electrons. The van der Waals surface area contributed by atoms with Crippen LogP contribution in [0, 0.1) is 0 Å². The average Bonchev–Trinajstić information content (AvgIpc) is 1.79. The van der Waals surface area contributed by atoms with E-state index in [0.29, 0.717) is 0 Å². The van der Waals surface area contributed by atoms with Crippen LogP contribution in [-0.4, -0.2) is 6.26 Å². The fraction of sp³-hybridized carbons (Fsp3) is 1.00. The maximum atomic E-state index is 6.03. The first kappa shape index (κ1) is 13.6. The molecule has 1 atom stereocenters. The van der Waals surface area contributed by atoms with Gasteiger partial charge in [-0.05, 0) is 62.5 Å². The Hall–Kier alpha value is 2.49. The largest absolute Gasteiger partial charge is 0.257 e. The third kappa shape index (κ3) is 4.10. The summed E-state index contributed by atoms with van der Waals surface area (Å²) in [5.74, 6) is -8.10. The summed E-state index contributed by atoms with van der Waals surface area (Å²) in [6.07, 6.45) is 1.75. The predicted molar refractivity (Wildman–Crippen MR) is 70.8 cm³/mol. The van der Waals surface area contributed by atoms with Crippen molar-refractivity contribution >= 4 is 85.2 Å². The van der Waals surface area contributed by atoms with Crippen molar-refractivity contribution in [1.29, 1.82) is 0 Å². The zero-order valence-corrected chi connectivity index (χ0v) is 13.3. The van der Waals surface area contributed by atoms with Crippen molar-refractivity contribution < 1.29 is 0 Å². The van der Waals surface area contributed by atoms with Gasteiger partial charge >= 0.3 is 0 Å². The van der Waals surface area contributed by atoms with Crippen LogP contribution >= 0.6 is 85.2 Å². The first-order chi connectivity index (χ1) is 5.68. The molecule has 12 heteroatoms. The quantitative estimate of drug-likeness (QED) is 0.450. The molecule has 1 heterocycles. The molecule has 0 spiro atoms. The molecule has 0 bridgehead atoms. The molecule has 1 rings (SSSR count). The van der Waals surface area contributed by atoms with Crippen LogP contribution in [0.4, 0.5) is 0 Å². The van der Waals surface area contributed by atoms with Gasteiger partial charge in [-0.2, -0.15) is 13.5 Å². The molecule has 0 saturated heterocycles. The monoisotopic (exact) mass is 357 g/mol. The molecule has 13 heavy (non-hydrogen) atoms. The standard InChI is InChI=1S/CH3Cl5N3P3S/c1-13-12(6)8-10(2,3)7-11(4,5)9-12/h1H3. The minimum atomic E-state index is -2.81. The summed E-state index contributed by atoms with van der Waals surface area (Å²) in [7, 11) is 0. The van der Waals surface area contributed by atoms with E-state index in [-0.39, 0.29) is 0 Å². The molecule has 1 aliphatic rings. The Kier molecular flexibility index (Phi) is 4.58. The molecular formula is CH3Cl5N3P3S. The predicted octanol–water partition coefficient (Wildman–Crippen LogP) is 7.40. The topological polar surface area (TPSA) is 37.1 Å². The molecular weight excluding hydrogens is 356 g/mol. The van der Waals surface area contributed by atoms with E-state index in [1.165, 1.54) is 11.4 Å². The summed E-state index contributed by atoms with van der Waals surface area (Å²) < 4.78 is 11.7. The van der Waals surface area contributed by atoms with Crippen LogP contribution in [0.15, 0.2) is 13.5 Å². The zero-order chi connectivity index (χ0) is 10.3. The third-order valence-electron chi connectivity index (χ3n) is 0.883. The number of hydrogen-bond acceptors (Lipinski definition) is 4. The average molecular weight is 359 g/mol. The van der Waals surface area contributed by atoms with Gasteiger partial charge in [-0.15, -0.1) is 0 Å². The van der Waals surface area contributed by atoms with E-state index in [4.69, 9.17) is 56.2 Å². The summed E-state index contributed by atoms with van der Waals surface area (Å²) in [4.78, 5) is 0. The molecule has 0 aromatic heterocycles. The van der Waals surface area contributed by atoms with Gasteiger partial charge in [0, 0.05) is 0 Å². The normalized spacial score (nSPS) is 35.5. The van der Waals surface area contributed by atoms with E-state index in [0.717, 1.165) is 0 Å². The van der Waals surface area contributed by atoms with Crippen molar-refractivity contribution in [3.8, 4) is 0 Å². The Morgan fingerprint density at radius 1 is 0.846 bits per heavy atom. The van der Waals surface area contributed by atoms with Crippen molar-refractivity contribution in [2.75, 3.05) is 6.26 Å². The van der Waals surface area contributed by atoms with E-state index in [9.17, 15) is 0 Å². The number of rotatable bonds is 1. The van der Waals surface area contributed by atoms with E-state index in [2.05, 4.69) is 13.5 Å². The van der Waals surface area contributed by atoms with Crippen LogP contribution in [0.2, 0.25) is 0 Å². The van der Waals surface area contributed by atoms with E-state index in [1.807, 2.05) is 0 Å². The summed E-state index contributed by atoms with van der Waals surface area (Å²) in [5, 5.41) is 0. The first-order valence-electron chi connectivity index (χ1n) is 2.64. The van der Waals surface area contributed by atoms with Gasteiger partial charge in [0.25, 0.3) is 11.8 Å². The first-order valence-corrected chi connectivity index (χ1v) is 14.1. The molecule has 0 N–H and O–H groups in total. The Morgan fingerprint density at radius 2 is 1.31 bits per heavy atom. The summed E-state index contributed by atoms with van der Waals surface area (Å²) in [6, 6.07) is 0. The lowest BCUT2D eigenvalue weighted by molar-refractivity contribution is 1.80. The van der Waals surface area contributed by atoms with Crippen LogP contribution in [0.25, 0.3) is 0 Å².